The Hall–Kier alpha value is -2.56. The summed E-state index contributed by atoms with van der Waals surface area (Å²) in [5.41, 5.74) is 4.90. The van der Waals surface area contributed by atoms with E-state index in [1.54, 1.807) is 5.57 Å². The van der Waals surface area contributed by atoms with E-state index in [1.165, 1.54) is 57.3 Å². The van der Waals surface area contributed by atoms with Crippen LogP contribution in [-0.2, 0) is 0 Å². The van der Waals surface area contributed by atoms with E-state index in [1.807, 2.05) is 13.0 Å². The maximum Gasteiger partial charge on any atom is 0.224 e. The lowest BCUT2D eigenvalue weighted by molar-refractivity contribution is 0.679. The Morgan fingerprint density at radius 3 is 2.57 bits per heavy atom. The highest BCUT2D eigenvalue weighted by molar-refractivity contribution is 5.61. The van der Waals surface area contributed by atoms with Gasteiger partial charge in [0.2, 0.25) is 5.95 Å². The summed E-state index contributed by atoms with van der Waals surface area (Å²) >= 11 is 0. The molecule has 1 aliphatic carbocycles. The molecular formula is C23H31N5. The number of nitrogens with zero attached hydrogens (tertiary/aromatic N) is 3. The van der Waals surface area contributed by atoms with E-state index in [4.69, 9.17) is 0 Å². The molecule has 5 nitrogen and oxygen atoms in total. The van der Waals surface area contributed by atoms with Gasteiger partial charge in [-0.2, -0.15) is 4.98 Å². The molecule has 0 amide bonds. The quantitative estimate of drug-likeness (QED) is 0.630. The van der Waals surface area contributed by atoms with Gasteiger partial charge >= 0.3 is 0 Å². The number of aromatic nitrogens is 2. The van der Waals surface area contributed by atoms with Crippen molar-refractivity contribution in [3.8, 4) is 0 Å². The largest absolute Gasteiger partial charge is 0.372 e. The average molecular weight is 378 g/mol. The Bertz CT molecular complexity index is 806. The van der Waals surface area contributed by atoms with Crippen LogP contribution in [-0.4, -0.2) is 29.6 Å². The molecule has 2 aliphatic rings. The molecule has 0 unspecified atom stereocenters. The second-order valence-electron chi connectivity index (χ2n) is 7.87. The summed E-state index contributed by atoms with van der Waals surface area (Å²) in [5, 5.41) is 6.82. The summed E-state index contributed by atoms with van der Waals surface area (Å²) in [5.74, 6) is 1.54. The minimum Gasteiger partial charge on any atom is -0.372 e. The van der Waals surface area contributed by atoms with E-state index in [2.05, 4.69) is 55.8 Å². The molecule has 1 aromatic carbocycles. The zero-order valence-corrected chi connectivity index (χ0v) is 16.9. The third kappa shape index (κ3) is 5.03. The van der Waals surface area contributed by atoms with Crippen molar-refractivity contribution in [1.82, 2.24) is 9.97 Å². The van der Waals surface area contributed by atoms with Crippen molar-refractivity contribution in [2.75, 3.05) is 35.2 Å². The van der Waals surface area contributed by atoms with Crippen molar-refractivity contribution in [3.05, 3.63) is 47.7 Å². The Morgan fingerprint density at radius 2 is 1.82 bits per heavy atom. The predicted molar refractivity (Wildman–Crippen MR) is 118 cm³/mol. The Balaban J connectivity index is 1.35. The van der Waals surface area contributed by atoms with Crippen LogP contribution in [0.3, 0.4) is 0 Å². The minimum atomic E-state index is 0.701. The molecule has 2 heterocycles. The van der Waals surface area contributed by atoms with Gasteiger partial charge in [-0.3, -0.25) is 0 Å². The number of hydrogen-bond donors (Lipinski definition) is 2. The molecule has 148 valence electrons. The lowest BCUT2D eigenvalue weighted by atomic mass is 9.97. The van der Waals surface area contributed by atoms with Crippen LogP contribution in [0.5, 0.6) is 0 Å². The number of nitrogens with one attached hydrogen (secondary N) is 2. The van der Waals surface area contributed by atoms with Crippen molar-refractivity contribution in [2.24, 2.45) is 0 Å². The molecule has 0 saturated carbocycles. The highest BCUT2D eigenvalue weighted by atomic mass is 15.2. The van der Waals surface area contributed by atoms with Gasteiger partial charge in [-0.05, 0) is 76.1 Å². The van der Waals surface area contributed by atoms with Crippen LogP contribution in [0.4, 0.5) is 23.1 Å². The van der Waals surface area contributed by atoms with E-state index in [9.17, 15) is 0 Å². The SMILES string of the molecule is Cc1cc(Nc2ccc(N3CCCC3)cc2)nc(NCCC2=CCCCC2)n1. The van der Waals surface area contributed by atoms with Crippen molar-refractivity contribution < 1.29 is 0 Å². The van der Waals surface area contributed by atoms with Gasteiger partial charge in [0.05, 0.1) is 0 Å². The molecule has 0 bridgehead atoms. The first kappa shape index (κ1) is 18.8. The molecular weight excluding hydrogens is 346 g/mol. The Morgan fingerprint density at radius 1 is 1.00 bits per heavy atom. The van der Waals surface area contributed by atoms with E-state index in [0.717, 1.165) is 30.2 Å². The summed E-state index contributed by atoms with van der Waals surface area (Å²) < 4.78 is 0. The van der Waals surface area contributed by atoms with Gasteiger partial charge in [0.25, 0.3) is 0 Å². The molecule has 2 N–H and O–H groups in total. The van der Waals surface area contributed by atoms with Crippen LogP contribution in [0.25, 0.3) is 0 Å². The first-order valence-corrected chi connectivity index (χ1v) is 10.7. The smallest absolute Gasteiger partial charge is 0.224 e. The van der Waals surface area contributed by atoms with Gasteiger partial charge in [-0.15, -0.1) is 0 Å². The van der Waals surface area contributed by atoms with Crippen LogP contribution in [0.15, 0.2) is 42.0 Å². The molecule has 0 spiro atoms. The lowest BCUT2D eigenvalue weighted by Gasteiger charge is -2.18. The van der Waals surface area contributed by atoms with Crippen molar-refractivity contribution in [3.63, 3.8) is 0 Å². The molecule has 1 aliphatic heterocycles. The third-order valence-electron chi connectivity index (χ3n) is 5.58. The van der Waals surface area contributed by atoms with Crippen LogP contribution in [0.1, 0.15) is 50.6 Å². The predicted octanol–water partition coefficient (Wildman–Crippen LogP) is 5.43. The number of aryl methyl sites for hydroxylation is 1. The molecule has 1 aromatic heterocycles. The summed E-state index contributed by atoms with van der Waals surface area (Å²) in [6, 6.07) is 10.6. The number of benzene rings is 1. The maximum absolute atomic E-state index is 4.65. The Kier molecular flexibility index (Phi) is 6.10. The standard InChI is InChI=1S/C23H31N5/c1-18-17-22(26-20-9-11-21(12-10-20)28-15-5-6-16-28)27-23(25-18)24-14-13-19-7-3-2-4-8-19/h7,9-12,17H,2-6,8,13-16H2,1H3,(H2,24,25,26,27). The molecule has 4 rings (SSSR count). The van der Waals surface area contributed by atoms with Crippen molar-refractivity contribution in [2.45, 2.75) is 51.9 Å². The van der Waals surface area contributed by atoms with Gasteiger partial charge in [0, 0.05) is 42.8 Å². The van der Waals surface area contributed by atoms with E-state index in [0.29, 0.717) is 5.95 Å². The summed E-state index contributed by atoms with van der Waals surface area (Å²) in [6.07, 6.45) is 11.2. The fourth-order valence-corrected chi connectivity index (χ4v) is 4.06. The fourth-order valence-electron chi connectivity index (χ4n) is 4.06. The minimum absolute atomic E-state index is 0.701. The molecule has 28 heavy (non-hydrogen) atoms. The third-order valence-corrected chi connectivity index (χ3v) is 5.58. The number of rotatable bonds is 7. The van der Waals surface area contributed by atoms with Gasteiger partial charge in [-0.1, -0.05) is 11.6 Å². The van der Waals surface area contributed by atoms with Crippen LogP contribution in [0, 0.1) is 6.92 Å². The molecule has 2 aromatic rings. The van der Waals surface area contributed by atoms with Crippen LogP contribution < -0.4 is 15.5 Å². The van der Waals surface area contributed by atoms with E-state index in [-0.39, 0.29) is 0 Å². The summed E-state index contributed by atoms with van der Waals surface area (Å²) in [6.45, 7) is 5.24. The average Bonchev–Trinajstić information content (AvgIpc) is 3.24. The molecule has 1 fully saturated rings. The number of anilines is 4. The van der Waals surface area contributed by atoms with Gasteiger partial charge < -0.3 is 15.5 Å². The normalized spacial score (nSPS) is 16.8. The highest BCUT2D eigenvalue weighted by Crippen LogP contribution is 2.24. The first-order valence-electron chi connectivity index (χ1n) is 10.7. The van der Waals surface area contributed by atoms with Gasteiger partial charge in [0.15, 0.2) is 0 Å². The second-order valence-corrected chi connectivity index (χ2v) is 7.87. The molecule has 5 heteroatoms. The number of hydrogen-bond acceptors (Lipinski definition) is 5. The monoisotopic (exact) mass is 377 g/mol. The first-order chi connectivity index (χ1) is 13.8. The molecule has 0 atom stereocenters. The van der Waals surface area contributed by atoms with Crippen LogP contribution in [0.2, 0.25) is 0 Å². The van der Waals surface area contributed by atoms with Crippen LogP contribution >= 0.6 is 0 Å². The molecule has 1 saturated heterocycles. The highest BCUT2D eigenvalue weighted by Gasteiger charge is 2.12. The Labute approximate surface area is 168 Å². The second kappa shape index (κ2) is 9.09. The topological polar surface area (TPSA) is 53.1 Å². The van der Waals surface area contributed by atoms with E-state index >= 15 is 0 Å². The van der Waals surface area contributed by atoms with Crippen molar-refractivity contribution >= 4 is 23.1 Å². The zero-order valence-electron chi connectivity index (χ0n) is 16.9. The lowest BCUT2D eigenvalue weighted by Crippen LogP contribution is -2.17. The maximum atomic E-state index is 4.65. The van der Waals surface area contributed by atoms with Gasteiger partial charge in [0.1, 0.15) is 5.82 Å². The van der Waals surface area contributed by atoms with Gasteiger partial charge in [-0.25, -0.2) is 4.98 Å². The molecule has 0 radical (unpaired) electrons. The number of allylic oxidation sites excluding steroid dienone is 1. The summed E-state index contributed by atoms with van der Waals surface area (Å²) in [4.78, 5) is 11.6. The van der Waals surface area contributed by atoms with E-state index < -0.39 is 0 Å². The fraction of sp³-hybridized carbons (Fsp3) is 0.478. The zero-order chi connectivity index (χ0) is 19.2. The summed E-state index contributed by atoms with van der Waals surface area (Å²) in [7, 11) is 0. The van der Waals surface area contributed by atoms with Crippen molar-refractivity contribution in [1.29, 1.82) is 0 Å².